The number of nitrogens with zero attached hydrogens (tertiary/aromatic N) is 2. The zero-order valence-electron chi connectivity index (χ0n) is 14.7. The average Bonchev–Trinajstić information content (AvgIpc) is 2.81. The maximum atomic E-state index is 12.3. The van der Waals surface area contributed by atoms with Crippen LogP contribution in [-0.2, 0) is 17.7 Å². The number of amides is 1. The van der Waals surface area contributed by atoms with Crippen LogP contribution in [0.25, 0.3) is 10.2 Å². The van der Waals surface area contributed by atoms with E-state index in [-0.39, 0.29) is 17.3 Å². The van der Waals surface area contributed by atoms with Crippen LogP contribution in [0.3, 0.4) is 0 Å². The first-order valence-corrected chi connectivity index (χ1v) is 8.81. The quantitative estimate of drug-likeness (QED) is 0.806. The van der Waals surface area contributed by atoms with E-state index in [4.69, 9.17) is 10.5 Å². The fraction of sp³-hybridized carbons (Fsp3) is 0.471. The molecular weight excluding hydrogens is 342 g/mol. The molecule has 8 heteroatoms. The Bertz CT molecular complexity index is 882. The lowest BCUT2D eigenvalue weighted by atomic mass is 10.0. The molecule has 25 heavy (non-hydrogen) atoms. The van der Waals surface area contributed by atoms with E-state index in [1.807, 2.05) is 20.8 Å². The van der Waals surface area contributed by atoms with Crippen LogP contribution in [0.5, 0.6) is 0 Å². The number of aromatic carboxylic acids is 1. The number of thiophene rings is 1. The Labute approximate surface area is 149 Å². The van der Waals surface area contributed by atoms with Gasteiger partial charge in [-0.2, -0.15) is 0 Å². The fourth-order valence-corrected chi connectivity index (χ4v) is 4.32. The highest BCUT2D eigenvalue weighted by Crippen LogP contribution is 2.39. The third-order valence-electron chi connectivity index (χ3n) is 4.07. The summed E-state index contributed by atoms with van der Waals surface area (Å²) >= 11 is 1.45. The third kappa shape index (κ3) is 3.13. The molecule has 2 aromatic rings. The van der Waals surface area contributed by atoms with Crippen molar-refractivity contribution in [2.45, 2.75) is 46.3 Å². The number of nitrogen functional groups attached to an aromatic ring is 1. The number of anilines is 1. The molecule has 2 aromatic heterocycles. The van der Waals surface area contributed by atoms with Gasteiger partial charge in [-0.25, -0.2) is 14.6 Å². The van der Waals surface area contributed by atoms with Gasteiger partial charge < -0.3 is 20.5 Å². The number of pyridine rings is 1. The van der Waals surface area contributed by atoms with Crippen molar-refractivity contribution in [3.63, 3.8) is 0 Å². The number of nitrogens with two attached hydrogens (primary N) is 1. The predicted octanol–water partition coefficient (Wildman–Crippen LogP) is 3.18. The molecule has 0 saturated carbocycles. The summed E-state index contributed by atoms with van der Waals surface area (Å²) in [5.74, 6) is -1.07. The Morgan fingerprint density at radius 2 is 2.04 bits per heavy atom. The first kappa shape index (κ1) is 17.5. The van der Waals surface area contributed by atoms with Crippen LogP contribution in [-0.4, -0.2) is 39.2 Å². The van der Waals surface area contributed by atoms with Crippen LogP contribution in [0.4, 0.5) is 10.5 Å². The van der Waals surface area contributed by atoms with E-state index in [1.165, 1.54) is 11.3 Å². The minimum Gasteiger partial charge on any atom is -0.478 e. The SMILES string of the molecule is Cc1nc2sc3c(c2c(N)c1C(=O)O)CCN(C(=O)OC(C)(C)C)C3. The van der Waals surface area contributed by atoms with E-state index >= 15 is 0 Å². The predicted molar refractivity (Wildman–Crippen MR) is 96.1 cm³/mol. The van der Waals surface area contributed by atoms with Crippen LogP contribution in [0.1, 0.15) is 47.3 Å². The lowest BCUT2D eigenvalue weighted by Crippen LogP contribution is -2.39. The monoisotopic (exact) mass is 363 g/mol. The van der Waals surface area contributed by atoms with E-state index in [0.29, 0.717) is 30.6 Å². The molecule has 0 saturated heterocycles. The fourth-order valence-electron chi connectivity index (χ4n) is 3.03. The summed E-state index contributed by atoms with van der Waals surface area (Å²) < 4.78 is 5.43. The number of hydrogen-bond acceptors (Lipinski definition) is 6. The van der Waals surface area contributed by atoms with Crippen LogP contribution in [0.15, 0.2) is 0 Å². The number of ether oxygens (including phenoxy) is 1. The molecule has 0 fully saturated rings. The number of fused-ring (bicyclic) bond motifs is 3. The van der Waals surface area contributed by atoms with Crippen molar-refractivity contribution in [3.8, 4) is 0 Å². The molecular formula is C17H21N3O4S. The topological polar surface area (TPSA) is 106 Å². The molecule has 0 bridgehead atoms. The minimum absolute atomic E-state index is 0.0580. The van der Waals surface area contributed by atoms with E-state index < -0.39 is 11.6 Å². The van der Waals surface area contributed by atoms with Crippen molar-refractivity contribution >= 4 is 39.3 Å². The Balaban J connectivity index is 2.00. The van der Waals surface area contributed by atoms with Crippen molar-refractivity contribution in [1.29, 1.82) is 0 Å². The van der Waals surface area contributed by atoms with Gasteiger partial charge in [-0.15, -0.1) is 11.3 Å². The number of aryl methyl sites for hydroxylation is 1. The van der Waals surface area contributed by atoms with Crippen molar-refractivity contribution < 1.29 is 19.4 Å². The van der Waals surface area contributed by atoms with Gasteiger partial charge in [-0.05, 0) is 39.7 Å². The van der Waals surface area contributed by atoms with Gasteiger partial charge in [0.05, 0.1) is 17.9 Å². The maximum absolute atomic E-state index is 12.3. The first-order chi connectivity index (χ1) is 11.6. The Morgan fingerprint density at radius 3 is 2.64 bits per heavy atom. The van der Waals surface area contributed by atoms with Crippen LogP contribution in [0, 0.1) is 6.92 Å². The zero-order chi connectivity index (χ0) is 18.5. The average molecular weight is 363 g/mol. The third-order valence-corrected chi connectivity index (χ3v) is 5.18. The van der Waals surface area contributed by atoms with Gasteiger partial charge in [0.25, 0.3) is 0 Å². The summed E-state index contributed by atoms with van der Waals surface area (Å²) in [6, 6.07) is 0. The zero-order valence-corrected chi connectivity index (χ0v) is 15.5. The minimum atomic E-state index is -1.07. The van der Waals surface area contributed by atoms with Gasteiger partial charge in [0.15, 0.2) is 0 Å². The molecule has 134 valence electrons. The molecule has 3 N–H and O–H groups in total. The van der Waals surface area contributed by atoms with Crippen LogP contribution < -0.4 is 5.73 Å². The number of carbonyl (C=O) groups is 2. The molecule has 7 nitrogen and oxygen atoms in total. The van der Waals surface area contributed by atoms with Gasteiger partial charge in [0.1, 0.15) is 16.0 Å². The van der Waals surface area contributed by atoms with Crippen LogP contribution in [0.2, 0.25) is 0 Å². The van der Waals surface area contributed by atoms with Gasteiger partial charge in [-0.1, -0.05) is 0 Å². The maximum Gasteiger partial charge on any atom is 0.410 e. The lowest BCUT2D eigenvalue weighted by molar-refractivity contribution is 0.0227. The van der Waals surface area contributed by atoms with E-state index in [1.54, 1.807) is 11.8 Å². The van der Waals surface area contributed by atoms with Crippen molar-refractivity contribution in [2.24, 2.45) is 0 Å². The second kappa shape index (κ2) is 5.87. The number of rotatable bonds is 1. The number of hydrogen-bond donors (Lipinski definition) is 2. The highest BCUT2D eigenvalue weighted by Gasteiger charge is 2.30. The molecule has 3 rings (SSSR count). The molecule has 0 aromatic carbocycles. The standard InChI is InChI=1S/C17H21N3O4S/c1-8-11(15(21)22)13(18)12-9-5-6-20(16(23)24-17(2,3)4)7-10(9)25-14(12)19-8/h5-7H2,1-4H3,(H2,18,19)(H,21,22). The second-order valence-corrected chi connectivity index (χ2v) is 8.21. The number of carboxylic acid groups (broad SMARTS) is 1. The van der Waals surface area contributed by atoms with E-state index in [9.17, 15) is 14.7 Å². The molecule has 0 atom stereocenters. The Hall–Kier alpha value is -2.35. The highest BCUT2D eigenvalue weighted by atomic mass is 32.1. The largest absolute Gasteiger partial charge is 0.478 e. The summed E-state index contributed by atoms with van der Waals surface area (Å²) in [7, 11) is 0. The van der Waals surface area contributed by atoms with E-state index in [2.05, 4.69) is 4.98 Å². The summed E-state index contributed by atoms with van der Waals surface area (Å²) in [5, 5.41) is 10.1. The molecule has 1 aliphatic rings. The molecule has 3 heterocycles. The van der Waals surface area contributed by atoms with Crippen molar-refractivity contribution in [3.05, 3.63) is 21.7 Å². The Morgan fingerprint density at radius 1 is 1.36 bits per heavy atom. The number of carbonyl (C=O) groups excluding carboxylic acids is 1. The molecule has 0 radical (unpaired) electrons. The first-order valence-electron chi connectivity index (χ1n) is 8.00. The smallest absolute Gasteiger partial charge is 0.410 e. The number of carboxylic acids is 1. The molecule has 0 unspecified atom stereocenters. The van der Waals surface area contributed by atoms with E-state index in [0.717, 1.165) is 15.3 Å². The normalized spacial score (nSPS) is 14.5. The lowest BCUT2D eigenvalue weighted by Gasteiger charge is -2.30. The molecule has 0 aliphatic carbocycles. The molecule has 1 aliphatic heterocycles. The molecule has 1 amide bonds. The molecule has 0 spiro atoms. The van der Waals surface area contributed by atoms with Crippen molar-refractivity contribution in [2.75, 3.05) is 12.3 Å². The Kier molecular flexibility index (Phi) is 4.10. The summed E-state index contributed by atoms with van der Waals surface area (Å²) in [6.45, 7) is 8.07. The van der Waals surface area contributed by atoms with Gasteiger partial charge in [0, 0.05) is 16.8 Å². The highest BCUT2D eigenvalue weighted by molar-refractivity contribution is 7.19. The van der Waals surface area contributed by atoms with Crippen molar-refractivity contribution in [1.82, 2.24) is 9.88 Å². The second-order valence-electron chi connectivity index (χ2n) is 7.13. The van der Waals surface area contributed by atoms with Gasteiger partial charge in [-0.3, -0.25) is 0 Å². The summed E-state index contributed by atoms with van der Waals surface area (Å²) in [6.07, 6.45) is 0.252. The van der Waals surface area contributed by atoms with Gasteiger partial charge in [0.2, 0.25) is 0 Å². The summed E-state index contributed by atoms with van der Waals surface area (Å²) in [4.78, 5) is 31.5. The number of aromatic nitrogens is 1. The van der Waals surface area contributed by atoms with Gasteiger partial charge >= 0.3 is 12.1 Å². The summed E-state index contributed by atoms with van der Waals surface area (Å²) in [5.41, 5.74) is 7.32. The van der Waals surface area contributed by atoms with Crippen LogP contribution >= 0.6 is 11.3 Å².